The molecule has 104 valence electrons. The monoisotopic (exact) mass is 296 g/mol. The molecule has 2 aromatic carbocycles. The fourth-order valence-electron chi connectivity index (χ4n) is 2.13. The van der Waals surface area contributed by atoms with Crippen LogP contribution in [0.15, 0.2) is 57.7 Å². The van der Waals surface area contributed by atoms with Gasteiger partial charge in [0.15, 0.2) is 0 Å². The number of halogens is 1. The molecule has 1 aromatic heterocycles. The van der Waals surface area contributed by atoms with Crippen molar-refractivity contribution in [3.8, 4) is 0 Å². The molecule has 0 spiro atoms. The molecule has 3 aromatic rings. The van der Waals surface area contributed by atoms with Crippen LogP contribution in [0, 0.1) is 6.92 Å². The van der Waals surface area contributed by atoms with Crippen molar-refractivity contribution in [1.29, 1.82) is 0 Å². The average molecular weight is 297 g/mol. The molecule has 0 amide bonds. The third-order valence-corrected chi connectivity index (χ3v) is 3.49. The van der Waals surface area contributed by atoms with Gasteiger partial charge >= 0.3 is 5.63 Å². The second kappa shape index (κ2) is 5.58. The summed E-state index contributed by atoms with van der Waals surface area (Å²) in [7, 11) is 0. The summed E-state index contributed by atoms with van der Waals surface area (Å²) < 4.78 is 5.33. The van der Waals surface area contributed by atoms with E-state index in [1.165, 1.54) is 0 Å². The van der Waals surface area contributed by atoms with Crippen molar-refractivity contribution in [3.63, 3.8) is 0 Å². The van der Waals surface area contributed by atoms with Crippen LogP contribution < -0.4 is 5.63 Å². The number of hydrogen-bond donors (Lipinski definition) is 0. The molecular weight excluding hydrogens is 284 g/mol. The van der Waals surface area contributed by atoms with E-state index in [1.807, 2.05) is 61.5 Å². The molecule has 2 nitrogen and oxygen atoms in total. The van der Waals surface area contributed by atoms with Crippen molar-refractivity contribution in [3.05, 3.63) is 80.7 Å². The Hall–Kier alpha value is -2.32. The van der Waals surface area contributed by atoms with Gasteiger partial charge in [0.25, 0.3) is 0 Å². The molecule has 0 saturated heterocycles. The number of aryl methyl sites for hydroxylation is 1. The molecular formula is C18H13ClO2. The first-order chi connectivity index (χ1) is 10.1. The zero-order chi connectivity index (χ0) is 14.8. The maximum atomic E-state index is 12.0. The Morgan fingerprint density at radius 1 is 1.00 bits per heavy atom. The highest BCUT2D eigenvalue weighted by Crippen LogP contribution is 2.17. The van der Waals surface area contributed by atoms with Crippen molar-refractivity contribution in [2.24, 2.45) is 0 Å². The number of fused-ring (bicyclic) bond motifs is 1. The molecule has 0 aliphatic rings. The molecule has 0 N–H and O–H groups in total. The van der Waals surface area contributed by atoms with Crippen LogP contribution in [0.25, 0.3) is 23.1 Å². The SMILES string of the molecule is Cc1ccc2oc(=O)c(/C=C/c3ccc(Cl)cc3)cc2c1. The Balaban J connectivity index is 2.01. The lowest BCUT2D eigenvalue weighted by Gasteiger charge is -2.00. The Bertz CT molecular complexity index is 874. The Labute approximate surface area is 127 Å². The molecule has 0 aliphatic heterocycles. The average Bonchev–Trinajstić information content (AvgIpc) is 2.47. The van der Waals surface area contributed by atoms with Crippen molar-refractivity contribution >= 4 is 34.7 Å². The normalized spacial score (nSPS) is 11.3. The van der Waals surface area contributed by atoms with Gasteiger partial charge in [0, 0.05) is 10.4 Å². The van der Waals surface area contributed by atoms with Crippen LogP contribution in [-0.4, -0.2) is 0 Å². The van der Waals surface area contributed by atoms with Gasteiger partial charge in [0.2, 0.25) is 0 Å². The largest absolute Gasteiger partial charge is 0.422 e. The van der Waals surface area contributed by atoms with Crippen LogP contribution in [0.2, 0.25) is 5.02 Å². The highest BCUT2D eigenvalue weighted by Gasteiger charge is 2.02. The molecule has 21 heavy (non-hydrogen) atoms. The van der Waals surface area contributed by atoms with Crippen molar-refractivity contribution in [2.75, 3.05) is 0 Å². The van der Waals surface area contributed by atoms with Crippen molar-refractivity contribution in [1.82, 2.24) is 0 Å². The molecule has 0 radical (unpaired) electrons. The van der Waals surface area contributed by atoms with Gasteiger partial charge in [-0.1, -0.05) is 41.4 Å². The molecule has 0 aliphatic carbocycles. The van der Waals surface area contributed by atoms with Gasteiger partial charge in [0.05, 0.1) is 5.56 Å². The highest BCUT2D eigenvalue weighted by molar-refractivity contribution is 6.30. The van der Waals surface area contributed by atoms with Crippen LogP contribution in [0.4, 0.5) is 0 Å². The lowest BCUT2D eigenvalue weighted by Crippen LogP contribution is -2.02. The second-order valence-corrected chi connectivity index (χ2v) is 5.35. The minimum absolute atomic E-state index is 0.337. The fraction of sp³-hybridized carbons (Fsp3) is 0.0556. The summed E-state index contributed by atoms with van der Waals surface area (Å²) in [6.07, 6.45) is 3.63. The predicted octanol–water partition coefficient (Wildman–Crippen LogP) is 4.93. The third-order valence-electron chi connectivity index (χ3n) is 3.24. The van der Waals surface area contributed by atoms with E-state index in [0.717, 1.165) is 16.5 Å². The van der Waals surface area contributed by atoms with Gasteiger partial charge < -0.3 is 4.42 Å². The number of rotatable bonds is 2. The van der Waals surface area contributed by atoms with Gasteiger partial charge in [-0.05, 0) is 48.9 Å². The Morgan fingerprint density at radius 3 is 2.52 bits per heavy atom. The first-order valence-electron chi connectivity index (χ1n) is 6.60. The standard InChI is InChI=1S/C18H13ClO2/c1-12-2-9-17-15(10-12)11-14(18(20)21-17)6-3-13-4-7-16(19)8-5-13/h2-11H,1H3/b6-3+. The van der Waals surface area contributed by atoms with E-state index < -0.39 is 0 Å². The summed E-state index contributed by atoms with van der Waals surface area (Å²) in [5.74, 6) is 0. The first-order valence-corrected chi connectivity index (χ1v) is 6.98. The lowest BCUT2D eigenvalue weighted by molar-refractivity contribution is 0.559. The van der Waals surface area contributed by atoms with Crippen LogP contribution in [0.3, 0.4) is 0 Å². The molecule has 0 bridgehead atoms. The van der Waals surface area contributed by atoms with Gasteiger partial charge in [-0.2, -0.15) is 0 Å². The van der Waals surface area contributed by atoms with E-state index in [9.17, 15) is 4.79 Å². The molecule has 0 fully saturated rings. The summed E-state index contributed by atoms with van der Waals surface area (Å²) in [5, 5.41) is 1.61. The van der Waals surface area contributed by atoms with Crippen LogP contribution in [-0.2, 0) is 0 Å². The smallest absolute Gasteiger partial charge is 0.343 e. The topological polar surface area (TPSA) is 30.2 Å². The maximum Gasteiger partial charge on any atom is 0.343 e. The van der Waals surface area contributed by atoms with E-state index in [1.54, 1.807) is 6.08 Å². The number of hydrogen-bond acceptors (Lipinski definition) is 2. The minimum atomic E-state index is -0.337. The maximum absolute atomic E-state index is 12.0. The van der Waals surface area contributed by atoms with E-state index in [2.05, 4.69) is 0 Å². The molecule has 0 unspecified atom stereocenters. The van der Waals surface area contributed by atoms with E-state index in [4.69, 9.17) is 16.0 Å². The molecule has 0 saturated carbocycles. The Kier molecular flexibility index (Phi) is 3.63. The molecule has 0 atom stereocenters. The van der Waals surface area contributed by atoms with Gasteiger partial charge in [-0.15, -0.1) is 0 Å². The van der Waals surface area contributed by atoms with Crippen molar-refractivity contribution < 1.29 is 4.42 Å². The van der Waals surface area contributed by atoms with E-state index in [-0.39, 0.29) is 5.63 Å². The van der Waals surface area contributed by atoms with Gasteiger partial charge in [0.1, 0.15) is 5.58 Å². The predicted molar refractivity (Wildman–Crippen MR) is 87.6 cm³/mol. The van der Waals surface area contributed by atoms with Crippen LogP contribution in [0.5, 0.6) is 0 Å². The molecule has 3 heteroatoms. The highest BCUT2D eigenvalue weighted by atomic mass is 35.5. The lowest BCUT2D eigenvalue weighted by atomic mass is 10.1. The summed E-state index contributed by atoms with van der Waals surface area (Å²) in [5.41, 5.74) is 2.90. The van der Waals surface area contributed by atoms with Crippen LogP contribution in [0.1, 0.15) is 16.7 Å². The summed E-state index contributed by atoms with van der Waals surface area (Å²) in [6.45, 7) is 2.01. The second-order valence-electron chi connectivity index (χ2n) is 4.92. The van der Waals surface area contributed by atoms with E-state index >= 15 is 0 Å². The third kappa shape index (κ3) is 3.06. The quantitative estimate of drug-likeness (QED) is 0.628. The summed E-state index contributed by atoms with van der Waals surface area (Å²) in [6, 6.07) is 15.0. The summed E-state index contributed by atoms with van der Waals surface area (Å²) >= 11 is 5.85. The first kappa shape index (κ1) is 13.7. The molecule has 1 heterocycles. The molecule has 3 rings (SSSR count). The fourth-order valence-corrected chi connectivity index (χ4v) is 2.26. The van der Waals surface area contributed by atoms with Gasteiger partial charge in [-0.3, -0.25) is 0 Å². The zero-order valence-corrected chi connectivity index (χ0v) is 12.2. The zero-order valence-electron chi connectivity index (χ0n) is 11.5. The van der Waals surface area contributed by atoms with Crippen LogP contribution >= 0.6 is 11.6 Å². The van der Waals surface area contributed by atoms with E-state index in [0.29, 0.717) is 16.2 Å². The van der Waals surface area contributed by atoms with Gasteiger partial charge in [-0.25, -0.2) is 4.79 Å². The summed E-state index contributed by atoms with van der Waals surface area (Å²) in [4.78, 5) is 12.0. The number of benzene rings is 2. The Morgan fingerprint density at radius 2 is 1.76 bits per heavy atom. The van der Waals surface area contributed by atoms with Crippen molar-refractivity contribution in [2.45, 2.75) is 6.92 Å². The minimum Gasteiger partial charge on any atom is -0.422 e.